The van der Waals surface area contributed by atoms with E-state index in [0.29, 0.717) is 12.1 Å². The Balaban J connectivity index is 0.00000256. The second-order valence-electron chi connectivity index (χ2n) is 8.50. The lowest BCUT2D eigenvalue weighted by Crippen LogP contribution is -2.47. The van der Waals surface area contributed by atoms with Crippen molar-refractivity contribution in [1.82, 2.24) is 9.47 Å². The number of para-hydroxylation sites is 1. The van der Waals surface area contributed by atoms with Gasteiger partial charge in [0.05, 0.1) is 12.1 Å². The van der Waals surface area contributed by atoms with E-state index in [-0.39, 0.29) is 35.7 Å². The van der Waals surface area contributed by atoms with Crippen molar-refractivity contribution >= 4 is 29.3 Å². The zero-order chi connectivity index (χ0) is 20.5. The first-order valence-electron chi connectivity index (χ1n) is 10.6. The number of halogens is 1. The lowest BCUT2D eigenvalue weighted by molar-refractivity contribution is -0.0110. The number of carbonyl (C=O) groups excluding carboxylic acids is 1. The number of hydrogen-bond acceptors (Lipinski definition) is 5. The van der Waals surface area contributed by atoms with Crippen LogP contribution in [0.1, 0.15) is 55.9 Å². The summed E-state index contributed by atoms with van der Waals surface area (Å²) in [6.07, 6.45) is 3.81. The second-order valence-corrected chi connectivity index (χ2v) is 8.50. The Morgan fingerprint density at radius 3 is 2.47 bits per heavy atom. The summed E-state index contributed by atoms with van der Waals surface area (Å²) in [6.45, 7) is 5.56. The molecule has 0 radical (unpaired) electrons. The molecule has 3 heterocycles. The number of methoxy groups -OCH3 is 1. The van der Waals surface area contributed by atoms with E-state index in [1.54, 1.807) is 17.7 Å². The van der Waals surface area contributed by atoms with Gasteiger partial charge in [-0.25, -0.2) is 4.79 Å². The molecule has 30 heavy (non-hydrogen) atoms. The third kappa shape index (κ3) is 4.27. The van der Waals surface area contributed by atoms with Gasteiger partial charge in [-0.3, -0.25) is 9.69 Å². The SMILES string of the molecule is COCCN1[C@@H]2CC[C@H]1C[C@@H](OC(=O)c1cc3ccccc3n(C(C)C)c1=O)C2.Cl. The van der Waals surface area contributed by atoms with Gasteiger partial charge >= 0.3 is 5.97 Å². The molecule has 0 unspecified atom stereocenters. The highest BCUT2D eigenvalue weighted by atomic mass is 35.5. The van der Waals surface area contributed by atoms with Crippen LogP contribution in [0, 0.1) is 0 Å². The number of ether oxygens (including phenoxy) is 2. The number of fused-ring (bicyclic) bond motifs is 3. The number of pyridine rings is 1. The Bertz CT molecular complexity index is 944. The molecule has 2 aliphatic rings. The molecule has 1 aromatic carbocycles. The fourth-order valence-corrected chi connectivity index (χ4v) is 5.04. The van der Waals surface area contributed by atoms with Crippen molar-refractivity contribution in [2.75, 3.05) is 20.3 Å². The predicted octanol–water partition coefficient (Wildman–Crippen LogP) is 3.80. The number of nitrogens with zero attached hydrogens (tertiary/aromatic N) is 2. The normalized spacial score (nSPS) is 23.5. The molecular formula is C23H31ClN2O4. The number of piperidine rings is 1. The third-order valence-corrected chi connectivity index (χ3v) is 6.35. The Morgan fingerprint density at radius 1 is 1.17 bits per heavy atom. The van der Waals surface area contributed by atoms with Crippen molar-refractivity contribution in [3.8, 4) is 0 Å². The number of benzene rings is 1. The van der Waals surface area contributed by atoms with Gasteiger partial charge in [0, 0.05) is 44.6 Å². The van der Waals surface area contributed by atoms with Crippen molar-refractivity contribution in [2.45, 2.75) is 63.8 Å². The quantitative estimate of drug-likeness (QED) is 0.647. The highest BCUT2D eigenvalue weighted by molar-refractivity contribution is 5.94. The van der Waals surface area contributed by atoms with E-state index in [2.05, 4.69) is 4.90 Å². The van der Waals surface area contributed by atoms with Crippen molar-refractivity contribution in [2.24, 2.45) is 0 Å². The Kier molecular flexibility index (Phi) is 7.22. The third-order valence-electron chi connectivity index (χ3n) is 6.35. The average molecular weight is 435 g/mol. The maximum atomic E-state index is 13.1. The van der Waals surface area contributed by atoms with Gasteiger partial charge in [-0.2, -0.15) is 0 Å². The smallest absolute Gasteiger partial charge is 0.344 e. The van der Waals surface area contributed by atoms with Gasteiger partial charge in [0.25, 0.3) is 5.56 Å². The molecule has 164 valence electrons. The summed E-state index contributed by atoms with van der Waals surface area (Å²) in [5.41, 5.74) is 0.698. The van der Waals surface area contributed by atoms with Crippen molar-refractivity contribution in [3.63, 3.8) is 0 Å². The molecule has 2 aliphatic heterocycles. The molecule has 2 saturated heterocycles. The first-order chi connectivity index (χ1) is 14.0. The zero-order valence-electron chi connectivity index (χ0n) is 17.9. The summed E-state index contributed by atoms with van der Waals surface area (Å²) in [5, 5.41) is 0.877. The van der Waals surface area contributed by atoms with Crippen LogP contribution in [0.15, 0.2) is 35.1 Å². The second kappa shape index (κ2) is 9.50. The molecule has 2 fully saturated rings. The Labute approximate surface area is 183 Å². The van der Waals surface area contributed by atoms with Gasteiger partial charge in [0.2, 0.25) is 0 Å². The summed E-state index contributed by atoms with van der Waals surface area (Å²) in [5.74, 6) is -0.495. The van der Waals surface area contributed by atoms with Gasteiger partial charge in [-0.05, 0) is 44.2 Å². The average Bonchev–Trinajstić information content (AvgIpc) is 2.93. The highest BCUT2D eigenvalue weighted by Crippen LogP contribution is 2.36. The number of esters is 1. The summed E-state index contributed by atoms with van der Waals surface area (Å²) in [6, 6.07) is 10.2. The first-order valence-corrected chi connectivity index (χ1v) is 10.6. The predicted molar refractivity (Wildman–Crippen MR) is 120 cm³/mol. The topological polar surface area (TPSA) is 60.8 Å². The minimum Gasteiger partial charge on any atom is -0.459 e. The standard InChI is InChI=1S/C23H30N2O4.ClH/c1-15(2)25-21-7-5-4-6-16(21)12-20(22(25)26)23(27)29-19-13-17-8-9-18(14-19)24(17)10-11-28-3;/h4-7,12,15,17-19H,8-11,13-14H2,1-3H3;1H/t17-,18+,19+;. The van der Waals surface area contributed by atoms with Crippen LogP contribution < -0.4 is 5.56 Å². The molecule has 0 spiro atoms. The summed E-state index contributed by atoms with van der Waals surface area (Å²) in [4.78, 5) is 28.5. The number of aromatic nitrogens is 1. The molecular weight excluding hydrogens is 404 g/mol. The van der Waals surface area contributed by atoms with Crippen LogP contribution >= 0.6 is 12.4 Å². The molecule has 7 heteroatoms. The zero-order valence-corrected chi connectivity index (χ0v) is 18.7. The van der Waals surface area contributed by atoms with E-state index in [4.69, 9.17) is 9.47 Å². The van der Waals surface area contributed by atoms with Gasteiger partial charge in [-0.1, -0.05) is 18.2 Å². The first kappa shape index (κ1) is 22.8. The lowest BCUT2D eigenvalue weighted by Gasteiger charge is -2.38. The van der Waals surface area contributed by atoms with Gasteiger partial charge in [0.1, 0.15) is 11.7 Å². The number of rotatable bonds is 6. The molecule has 0 saturated carbocycles. The fraction of sp³-hybridized carbons (Fsp3) is 0.565. The van der Waals surface area contributed by atoms with E-state index in [0.717, 1.165) is 49.7 Å². The highest BCUT2D eigenvalue weighted by Gasteiger charge is 2.41. The molecule has 0 aliphatic carbocycles. The summed E-state index contributed by atoms with van der Waals surface area (Å²) < 4.78 is 12.8. The monoisotopic (exact) mass is 434 g/mol. The van der Waals surface area contributed by atoms with E-state index in [1.807, 2.05) is 38.1 Å². The fourth-order valence-electron chi connectivity index (χ4n) is 5.04. The Morgan fingerprint density at radius 2 is 1.83 bits per heavy atom. The summed E-state index contributed by atoms with van der Waals surface area (Å²) in [7, 11) is 1.73. The van der Waals surface area contributed by atoms with E-state index >= 15 is 0 Å². The largest absolute Gasteiger partial charge is 0.459 e. The number of hydrogen-bond donors (Lipinski definition) is 0. The molecule has 6 nitrogen and oxygen atoms in total. The van der Waals surface area contributed by atoms with E-state index in [9.17, 15) is 9.59 Å². The van der Waals surface area contributed by atoms with E-state index < -0.39 is 5.97 Å². The maximum absolute atomic E-state index is 13.1. The molecule has 0 amide bonds. The minimum absolute atomic E-state index is 0. The van der Waals surface area contributed by atoms with Crippen LogP contribution in [0.5, 0.6) is 0 Å². The van der Waals surface area contributed by atoms with Gasteiger partial charge in [0.15, 0.2) is 0 Å². The summed E-state index contributed by atoms with van der Waals surface area (Å²) >= 11 is 0. The lowest BCUT2D eigenvalue weighted by atomic mass is 9.99. The Hall–Kier alpha value is -1.89. The van der Waals surface area contributed by atoms with Crippen LogP contribution in [0.4, 0.5) is 0 Å². The van der Waals surface area contributed by atoms with E-state index in [1.165, 1.54) is 0 Å². The van der Waals surface area contributed by atoms with Crippen molar-refractivity contribution < 1.29 is 14.3 Å². The van der Waals surface area contributed by atoms with Crippen molar-refractivity contribution in [1.29, 1.82) is 0 Å². The van der Waals surface area contributed by atoms with Crippen LogP contribution in [-0.2, 0) is 9.47 Å². The molecule has 2 bridgehead atoms. The molecule has 3 atom stereocenters. The van der Waals surface area contributed by atoms with Crippen LogP contribution in [0.3, 0.4) is 0 Å². The van der Waals surface area contributed by atoms with Gasteiger partial charge < -0.3 is 14.0 Å². The van der Waals surface area contributed by atoms with Gasteiger partial charge in [-0.15, -0.1) is 12.4 Å². The van der Waals surface area contributed by atoms with Crippen LogP contribution in [0.2, 0.25) is 0 Å². The molecule has 4 rings (SSSR count). The molecule has 1 aromatic heterocycles. The van der Waals surface area contributed by atoms with Crippen LogP contribution in [0.25, 0.3) is 10.9 Å². The van der Waals surface area contributed by atoms with Crippen LogP contribution in [-0.4, -0.2) is 53.9 Å². The maximum Gasteiger partial charge on any atom is 0.344 e. The number of carbonyl (C=O) groups is 1. The molecule has 0 N–H and O–H groups in total. The minimum atomic E-state index is -0.495. The molecule has 2 aromatic rings. The van der Waals surface area contributed by atoms with Crippen molar-refractivity contribution in [3.05, 3.63) is 46.2 Å².